The van der Waals surface area contributed by atoms with Gasteiger partial charge in [0.25, 0.3) is 0 Å². The summed E-state index contributed by atoms with van der Waals surface area (Å²) in [5, 5.41) is 0. The zero-order valence-electron chi connectivity index (χ0n) is 8.02. The molecule has 0 heterocycles. The Labute approximate surface area is 75.3 Å². The quantitative estimate of drug-likeness (QED) is 0.575. The summed E-state index contributed by atoms with van der Waals surface area (Å²) < 4.78 is 0. The summed E-state index contributed by atoms with van der Waals surface area (Å²) in [6.45, 7) is 9.26. The molecule has 0 bridgehead atoms. The van der Waals surface area contributed by atoms with Gasteiger partial charge in [-0.2, -0.15) is 0 Å². The first-order valence-electron chi connectivity index (χ1n) is 4.60. The molecule has 0 aliphatic heterocycles. The number of halogens is 1. The van der Waals surface area contributed by atoms with Gasteiger partial charge in [0.2, 0.25) is 0 Å². The molecule has 1 fully saturated rings. The fraction of sp³-hybridized carbons (Fsp3) is 1.00. The van der Waals surface area contributed by atoms with Crippen LogP contribution in [0.4, 0.5) is 0 Å². The lowest BCUT2D eigenvalue weighted by atomic mass is 9.82. The molecule has 1 aliphatic carbocycles. The van der Waals surface area contributed by atoms with Gasteiger partial charge in [-0.3, -0.25) is 0 Å². The fourth-order valence-electron chi connectivity index (χ4n) is 2.12. The van der Waals surface area contributed by atoms with Gasteiger partial charge in [-0.05, 0) is 29.6 Å². The second-order valence-electron chi connectivity index (χ2n) is 4.50. The van der Waals surface area contributed by atoms with E-state index in [1.807, 2.05) is 0 Å². The van der Waals surface area contributed by atoms with Crippen LogP contribution in [0.1, 0.15) is 34.1 Å². The second-order valence-corrected chi connectivity index (χ2v) is 4.77. The molecule has 3 unspecified atom stereocenters. The molecule has 1 heteroatoms. The highest BCUT2D eigenvalue weighted by Gasteiger charge is 2.54. The Balaban J connectivity index is 2.58. The van der Waals surface area contributed by atoms with Crippen molar-refractivity contribution in [2.75, 3.05) is 5.88 Å². The Kier molecular flexibility index (Phi) is 2.53. The number of hydrogen-bond acceptors (Lipinski definition) is 0. The van der Waals surface area contributed by atoms with Crippen LogP contribution >= 0.6 is 11.6 Å². The molecule has 1 rings (SSSR count). The largest absolute Gasteiger partial charge is 0.126 e. The third kappa shape index (κ3) is 1.42. The SMILES string of the molecule is CC(C)C(C)C1(CCl)CC1C. The van der Waals surface area contributed by atoms with Crippen molar-refractivity contribution in [2.45, 2.75) is 34.1 Å². The van der Waals surface area contributed by atoms with E-state index in [-0.39, 0.29) is 0 Å². The number of hydrogen-bond donors (Lipinski definition) is 0. The first-order valence-corrected chi connectivity index (χ1v) is 5.14. The van der Waals surface area contributed by atoms with Gasteiger partial charge in [0.15, 0.2) is 0 Å². The molecule has 0 radical (unpaired) electrons. The third-order valence-electron chi connectivity index (χ3n) is 3.66. The second kappa shape index (κ2) is 2.97. The van der Waals surface area contributed by atoms with Crippen LogP contribution < -0.4 is 0 Å². The van der Waals surface area contributed by atoms with Crippen LogP contribution in [0.15, 0.2) is 0 Å². The van der Waals surface area contributed by atoms with E-state index in [2.05, 4.69) is 27.7 Å². The topological polar surface area (TPSA) is 0 Å². The maximum atomic E-state index is 5.99. The molecular weight excluding hydrogens is 156 g/mol. The molecule has 66 valence electrons. The standard InChI is InChI=1S/C10H19Cl/c1-7(2)9(4)10(6-11)5-8(10)3/h7-9H,5-6H2,1-4H3. The van der Waals surface area contributed by atoms with Gasteiger partial charge in [0.1, 0.15) is 0 Å². The van der Waals surface area contributed by atoms with Crippen LogP contribution in [-0.4, -0.2) is 5.88 Å². The lowest BCUT2D eigenvalue weighted by Crippen LogP contribution is -2.21. The zero-order valence-corrected chi connectivity index (χ0v) is 8.78. The lowest BCUT2D eigenvalue weighted by Gasteiger charge is -2.25. The zero-order chi connectivity index (χ0) is 8.65. The molecule has 1 aliphatic rings. The molecule has 1 saturated carbocycles. The van der Waals surface area contributed by atoms with Gasteiger partial charge in [-0.15, -0.1) is 11.6 Å². The Bertz CT molecular complexity index is 138. The first-order chi connectivity index (χ1) is 5.04. The van der Waals surface area contributed by atoms with Gasteiger partial charge in [-0.1, -0.05) is 27.7 Å². The van der Waals surface area contributed by atoms with E-state index in [1.165, 1.54) is 6.42 Å². The van der Waals surface area contributed by atoms with E-state index < -0.39 is 0 Å². The van der Waals surface area contributed by atoms with Gasteiger partial charge < -0.3 is 0 Å². The monoisotopic (exact) mass is 174 g/mol. The van der Waals surface area contributed by atoms with Crippen molar-refractivity contribution in [3.8, 4) is 0 Å². The van der Waals surface area contributed by atoms with E-state index in [0.717, 1.165) is 23.6 Å². The molecule has 0 spiro atoms. The minimum absolute atomic E-state index is 0.496. The van der Waals surface area contributed by atoms with Crippen molar-refractivity contribution in [1.82, 2.24) is 0 Å². The summed E-state index contributed by atoms with van der Waals surface area (Å²) in [5.41, 5.74) is 0.496. The Morgan fingerprint density at radius 1 is 1.45 bits per heavy atom. The van der Waals surface area contributed by atoms with E-state index in [1.54, 1.807) is 0 Å². The normalized spacial score (nSPS) is 39.3. The smallest absolute Gasteiger partial charge is 0.0285 e. The van der Waals surface area contributed by atoms with Crippen LogP contribution in [0, 0.1) is 23.2 Å². The predicted molar refractivity (Wildman–Crippen MR) is 50.9 cm³/mol. The van der Waals surface area contributed by atoms with Gasteiger partial charge in [0, 0.05) is 5.88 Å². The van der Waals surface area contributed by atoms with Crippen LogP contribution in [0.25, 0.3) is 0 Å². The van der Waals surface area contributed by atoms with Crippen molar-refractivity contribution >= 4 is 11.6 Å². The summed E-state index contributed by atoms with van der Waals surface area (Å²) >= 11 is 5.99. The van der Waals surface area contributed by atoms with E-state index >= 15 is 0 Å². The van der Waals surface area contributed by atoms with Crippen molar-refractivity contribution in [2.24, 2.45) is 23.2 Å². The van der Waals surface area contributed by atoms with Gasteiger partial charge >= 0.3 is 0 Å². The summed E-state index contributed by atoms with van der Waals surface area (Å²) in [6.07, 6.45) is 1.34. The van der Waals surface area contributed by atoms with Crippen molar-refractivity contribution in [1.29, 1.82) is 0 Å². The summed E-state index contributed by atoms with van der Waals surface area (Å²) in [6, 6.07) is 0. The van der Waals surface area contributed by atoms with Gasteiger partial charge in [0.05, 0.1) is 0 Å². The molecule has 0 amide bonds. The molecule has 0 saturated heterocycles. The minimum atomic E-state index is 0.496. The van der Waals surface area contributed by atoms with Crippen LogP contribution in [0.2, 0.25) is 0 Å². The maximum Gasteiger partial charge on any atom is 0.0285 e. The summed E-state index contributed by atoms with van der Waals surface area (Å²) in [7, 11) is 0. The van der Waals surface area contributed by atoms with Crippen LogP contribution in [0.5, 0.6) is 0 Å². The molecule has 0 N–H and O–H groups in total. The van der Waals surface area contributed by atoms with E-state index in [0.29, 0.717) is 5.41 Å². The molecule has 11 heavy (non-hydrogen) atoms. The lowest BCUT2D eigenvalue weighted by molar-refractivity contribution is 0.261. The minimum Gasteiger partial charge on any atom is -0.126 e. The third-order valence-corrected chi connectivity index (χ3v) is 4.16. The average molecular weight is 175 g/mol. The summed E-state index contributed by atoms with van der Waals surface area (Å²) in [4.78, 5) is 0. The van der Waals surface area contributed by atoms with Crippen molar-refractivity contribution in [3.63, 3.8) is 0 Å². The first kappa shape index (κ1) is 9.38. The molecule has 0 nitrogen and oxygen atoms in total. The number of alkyl halides is 1. The van der Waals surface area contributed by atoms with E-state index in [4.69, 9.17) is 11.6 Å². The van der Waals surface area contributed by atoms with E-state index in [9.17, 15) is 0 Å². The average Bonchev–Trinajstić information content (AvgIpc) is 2.61. The molecule has 0 aromatic rings. The van der Waals surface area contributed by atoms with Crippen LogP contribution in [-0.2, 0) is 0 Å². The molecule has 3 atom stereocenters. The Morgan fingerprint density at radius 3 is 2.00 bits per heavy atom. The van der Waals surface area contributed by atoms with Crippen molar-refractivity contribution < 1.29 is 0 Å². The molecule has 0 aromatic carbocycles. The number of rotatable bonds is 3. The fourth-order valence-corrected chi connectivity index (χ4v) is 2.73. The van der Waals surface area contributed by atoms with Crippen LogP contribution in [0.3, 0.4) is 0 Å². The summed E-state index contributed by atoms with van der Waals surface area (Å²) in [5.74, 6) is 3.28. The predicted octanol–water partition coefficient (Wildman–Crippen LogP) is 3.54. The molecule has 0 aromatic heterocycles. The Morgan fingerprint density at radius 2 is 1.91 bits per heavy atom. The highest BCUT2D eigenvalue weighted by atomic mass is 35.5. The maximum absolute atomic E-state index is 5.99. The van der Waals surface area contributed by atoms with Gasteiger partial charge in [-0.25, -0.2) is 0 Å². The highest BCUT2D eigenvalue weighted by molar-refractivity contribution is 6.18. The molecular formula is C10H19Cl. The Hall–Kier alpha value is 0.290. The highest BCUT2D eigenvalue weighted by Crippen LogP contribution is 2.59. The van der Waals surface area contributed by atoms with Crippen molar-refractivity contribution in [3.05, 3.63) is 0 Å².